The standard InChI is InChI=1S/C23H24FN9O/c1-13-15(11-27-31(13)3)20-28-19-21(30(20)2)25-12-26-22(19)32-9-7-14(8-10-32)33-17-6-4-5-16(24)18(17)29-23(33)34/h4-6,11-12,14H,7-10H2,1-3H3,(H,29,34). The minimum absolute atomic E-state index is 0.0195. The van der Waals surface area contributed by atoms with E-state index in [0.717, 1.165) is 46.9 Å². The van der Waals surface area contributed by atoms with Crippen LogP contribution in [0, 0.1) is 12.7 Å². The van der Waals surface area contributed by atoms with Crippen molar-refractivity contribution in [3.05, 3.63) is 52.7 Å². The second-order valence-electron chi connectivity index (χ2n) is 8.78. The first-order valence-corrected chi connectivity index (χ1v) is 11.2. The molecular formula is C23H24FN9O. The van der Waals surface area contributed by atoms with E-state index in [9.17, 15) is 9.18 Å². The van der Waals surface area contributed by atoms with Gasteiger partial charge in [0.15, 0.2) is 17.0 Å². The summed E-state index contributed by atoms with van der Waals surface area (Å²) in [6, 6.07) is 4.76. The number of H-pyrrole nitrogens is 1. The Morgan fingerprint density at radius 1 is 1.15 bits per heavy atom. The molecule has 0 aliphatic carbocycles. The first kappa shape index (κ1) is 20.6. The van der Waals surface area contributed by atoms with Crippen LogP contribution in [0.25, 0.3) is 33.6 Å². The lowest BCUT2D eigenvalue weighted by Crippen LogP contribution is -2.37. The molecule has 1 saturated heterocycles. The normalized spacial score (nSPS) is 15.1. The van der Waals surface area contributed by atoms with Crippen molar-refractivity contribution in [1.29, 1.82) is 0 Å². The van der Waals surface area contributed by atoms with Crippen molar-refractivity contribution in [3.8, 4) is 11.4 Å². The molecule has 174 valence electrons. The topological polar surface area (TPSA) is 102 Å². The third-order valence-corrected chi connectivity index (χ3v) is 6.94. The molecule has 0 spiro atoms. The summed E-state index contributed by atoms with van der Waals surface area (Å²) in [6.07, 6.45) is 4.85. The van der Waals surface area contributed by atoms with Gasteiger partial charge in [0, 0.05) is 38.9 Å². The Balaban J connectivity index is 1.32. The summed E-state index contributed by atoms with van der Waals surface area (Å²) in [5, 5.41) is 4.35. The van der Waals surface area contributed by atoms with E-state index in [0.29, 0.717) is 18.6 Å². The molecule has 5 heterocycles. The van der Waals surface area contributed by atoms with Crippen LogP contribution in [0.4, 0.5) is 10.2 Å². The van der Waals surface area contributed by atoms with Crippen LogP contribution < -0.4 is 10.6 Å². The number of nitrogens with zero attached hydrogens (tertiary/aromatic N) is 8. The largest absolute Gasteiger partial charge is 0.355 e. The van der Waals surface area contributed by atoms with Crippen LogP contribution in [0.1, 0.15) is 24.6 Å². The number of anilines is 1. The number of aromatic nitrogens is 8. The molecule has 0 radical (unpaired) electrons. The van der Waals surface area contributed by atoms with Crippen LogP contribution in [-0.2, 0) is 14.1 Å². The molecular weight excluding hydrogens is 437 g/mol. The van der Waals surface area contributed by atoms with Crippen LogP contribution in [-0.4, -0.2) is 51.9 Å². The molecule has 1 aromatic carbocycles. The number of rotatable bonds is 3. The van der Waals surface area contributed by atoms with Crippen LogP contribution >= 0.6 is 0 Å². The summed E-state index contributed by atoms with van der Waals surface area (Å²) in [4.78, 5) is 31.4. The molecule has 11 heteroatoms. The van der Waals surface area contributed by atoms with Gasteiger partial charge in [-0.15, -0.1) is 0 Å². The van der Waals surface area contributed by atoms with E-state index in [2.05, 4.69) is 25.0 Å². The minimum atomic E-state index is -0.413. The average Bonchev–Trinajstić information content (AvgIpc) is 3.47. The first-order chi connectivity index (χ1) is 16.4. The van der Waals surface area contributed by atoms with E-state index in [1.807, 2.05) is 36.5 Å². The molecule has 1 fully saturated rings. The van der Waals surface area contributed by atoms with Crippen molar-refractivity contribution in [3.63, 3.8) is 0 Å². The van der Waals surface area contributed by atoms with Crippen LogP contribution in [0.5, 0.6) is 0 Å². The molecule has 0 amide bonds. The van der Waals surface area contributed by atoms with Gasteiger partial charge in [-0.3, -0.25) is 9.25 Å². The number of piperidine rings is 1. The number of para-hydroxylation sites is 1. The Labute approximate surface area is 193 Å². The number of aryl methyl sites for hydroxylation is 2. The van der Waals surface area contributed by atoms with Gasteiger partial charge in [-0.2, -0.15) is 5.10 Å². The summed E-state index contributed by atoms with van der Waals surface area (Å²) in [6.45, 7) is 3.41. The number of nitrogens with one attached hydrogen (secondary N) is 1. The SMILES string of the molecule is Cc1c(-c2nc3c(N4CCC(n5c(=O)[nH]c6c(F)cccc65)CC4)ncnc3n2C)cnn1C. The van der Waals surface area contributed by atoms with Gasteiger partial charge in [-0.05, 0) is 31.9 Å². The lowest BCUT2D eigenvalue weighted by atomic mass is 10.0. The maximum absolute atomic E-state index is 14.1. The fourth-order valence-corrected chi connectivity index (χ4v) is 4.99. The summed E-state index contributed by atoms with van der Waals surface area (Å²) in [5.41, 5.74) is 4.08. The van der Waals surface area contributed by atoms with Crippen molar-refractivity contribution in [2.24, 2.45) is 14.1 Å². The van der Waals surface area contributed by atoms with Crippen molar-refractivity contribution in [1.82, 2.24) is 38.9 Å². The van der Waals surface area contributed by atoms with Gasteiger partial charge in [0.25, 0.3) is 0 Å². The Kier molecular flexibility index (Phi) is 4.54. The maximum atomic E-state index is 14.1. The predicted molar refractivity (Wildman–Crippen MR) is 126 cm³/mol. The highest BCUT2D eigenvalue weighted by molar-refractivity contribution is 5.87. The molecule has 0 unspecified atom stereocenters. The van der Waals surface area contributed by atoms with Crippen molar-refractivity contribution < 1.29 is 4.39 Å². The van der Waals surface area contributed by atoms with E-state index in [-0.39, 0.29) is 17.2 Å². The third-order valence-electron chi connectivity index (χ3n) is 6.94. The number of aromatic amines is 1. The van der Waals surface area contributed by atoms with Gasteiger partial charge < -0.3 is 14.5 Å². The Morgan fingerprint density at radius 3 is 2.68 bits per heavy atom. The van der Waals surface area contributed by atoms with E-state index in [1.165, 1.54) is 6.07 Å². The molecule has 1 N–H and O–H groups in total. The minimum Gasteiger partial charge on any atom is -0.355 e. The van der Waals surface area contributed by atoms with E-state index in [4.69, 9.17) is 4.98 Å². The molecule has 34 heavy (non-hydrogen) atoms. The Bertz CT molecular complexity index is 1600. The highest BCUT2D eigenvalue weighted by Crippen LogP contribution is 2.32. The van der Waals surface area contributed by atoms with E-state index < -0.39 is 5.82 Å². The molecule has 0 atom stereocenters. The summed E-state index contributed by atoms with van der Waals surface area (Å²) in [7, 11) is 3.85. The number of halogens is 1. The monoisotopic (exact) mass is 461 g/mol. The predicted octanol–water partition coefficient (Wildman–Crippen LogP) is 2.70. The van der Waals surface area contributed by atoms with Crippen LogP contribution in [0.3, 0.4) is 0 Å². The van der Waals surface area contributed by atoms with Gasteiger partial charge in [0.1, 0.15) is 23.5 Å². The maximum Gasteiger partial charge on any atom is 0.326 e. The lowest BCUT2D eigenvalue weighted by Gasteiger charge is -2.33. The number of hydrogen-bond acceptors (Lipinski definition) is 6. The smallest absolute Gasteiger partial charge is 0.326 e. The summed E-state index contributed by atoms with van der Waals surface area (Å²) in [5.74, 6) is 1.16. The second kappa shape index (κ2) is 7.51. The molecule has 10 nitrogen and oxygen atoms in total. The first-order valence-electron chi connectivity index (χ1n) is 11.2. The van der Waals surface area contributed by atoms with Gasteiger partial charge in [-0.25, -0.2) is 24.1 Å². The molecule has 4 aromatic heterocycles. The second-order valence-corrected chi connectivity index (χ2v) is 8.78. The molecule has 1 aliphatic heterocycles. The van der Waals surface area contributed by atoms with Crippen molar-refractivity contribution >= 4 is 28.0 Å². The van der Waals surface area contributed by atoms with Gasteiger partial charge in [0.05, 0.1) is 17.3 Å². The van der Waals surface area contributed by atoms with Crippen molar-refractivity contribution in [2.75, 3.05) is 18.0 Å². The van der Waals surface area contributed by atoms with Crippen LogP contribution in [0.15, 0.2) is 35.5 Å². The number of benzene rings is 1. The number of imidazole rings is 2. The molecule has 0 saturated carbocycles. The summed E-state index contributed by atoms with van der Waals surface area (Å²) >= 11 is 0. The number of fused-ring (bicyclic) bond motifs is 2. The zero-order chi connectivity index (χ0) is 23.6. The van der Waals surface area contributed by atoms with Gasteiger partial charge in [-0.1, -0.05) is 6.07 Å². The Morgan fingerprint density at radius 2 is 1.94 bits per heavy atom. The zero-order valence-electron chi connectivity index (χ0n) is 19.2. The quantitative estimate of drug-likeness (QED) is 0.443. The summed E-state index contributed by atoms with van der Waals surface area (Å²) < 4.78 is 19.6. The fraction of sp³-hybridized carbons (Fsp3) is 0.348. The fourth-order valence-electron chi connectivity index (χ4n) is 4.99. The molecule has 6 rings (SSSR count). The van der Waals surface area contributed by atoms with Crippen molar-refractivity contribution in [2.45, 2.75) is 25.8 Å². The highest BCUT2D eigenvalue weighted by atomic mass is 19.1. The third kappa shape index (κ3) is 2.96. The molecule has 0 bridgehead atoms. The zero-order valence-corrected chi connectivity index (χ0v) is 19.2. The molecule has 1 aliphatic rings. The van der Waals surface area contributed by atoms with Gasteiger partial charge >= 0.3 is 5.69 Å². The highest BCUT2D eigenvalue weighted by Gasteiger charge is 2.27. The van der Waals surface area contributed by atoms with E-state index in [1.54, 1.807) is 23.0 Å². The van der Waals surface area contributed by atoms with Gasteiger partial charge in [0.2, 0.25) is 0 Å². The Hall–Kier alpha value is -4.02. The molecule has 5 aromatic rings. The number of hydrogen-bond donors (Lipinski definition) is 1. The average molecular weight is 462 g/mol. The van der Waals surface area contributed by atoms with E-state index >= 15 is 0 Å². The van der Waals surface area contributed by atoms with Crippen LogP contribution in [0.2, 0.25) is 0 Å². The lowest BCUT2D eigenvalue weighted by molar-refractivity contribution is 0.395.